The van der Waals surface area contributed by atoms with Crippen LogP contribution < -0.4 is 5.32 Å². The summed E-state index contributed by atoms with van der Waals surface area (Å²) in [5.41, 5.74) is 2.89. The van der Waals surface area contributed by atoms with E-state index in [-0.39, 0.29) is 12.1 Å². The van der Waals surface area contributed by atoms with Crippen LogP contribution in [0.4, 0.5) is 4.79 Å². The third-order valence-electron chi connectivity index (χ3n) is 3.46. The maximum atomic E-state index is 11.8. The first kappa shape index (κ1) is 16.7. The van der Waals surface area contributed by atoms with Crippen molar-refractivity contribution in [2.45, 2.75) is 39.7 Å². The maximum absolute atomic E-state index is 11.8. The van der Waals surface area contributed by atoms with Crippen molar-refractivity contribution in [1.82, 2.24) is 10.3 Å². The van der Waals surface area contributed by atoms with E-state index in [1.807, 2.05) is 38.1 Å². The molecule has 1 N–H and O–H groups in total. The Kier molecular flexibility index (Phi) is 5.77. The number of unbranched alkanes of at least 4 members (excludes halogenated alkanes) is 1. The van der Waals surface area contributed by atoms with Gasteiger partial charge in [0.15, 0.2) is 0 Å². The number of hydrogen-bond acceptors (Lipinski definition) is 3. The first-order valence-corrected chi connectivity index (χ1v) is 8.30. The molecule has 1 heterocycles. The van der Waals surface area contributed by atoms with Gasteiger partial charge in [0.1, 0.15) is 0 Å². The van der Waals surface area contributed by atoms with Crippen LogP contribution in [0.25, 0.3) is 10.9 Å². The maximum Gasteiger partial charge on any atom is 0.407 e. The van der Waals surface area contributed by atoms with Gasteiger partial charge < -0.3 is 10.1 Å². The van der Waals surface area contributed by atoms with Gasteiger partial charge in [-0.25, -0.2) is 4.79 Å². The van der Waals surface area contributed by atoms with Crippen LogP contribution >= 0.6 is 15.9 Å². The highest BCUT2D eigenvalue weighted by molar-refractivity contribution is 9.10. The number of halogens is 1. The fourth-order valence-electron chi connectivity index (χ4n) is 2.33. The number of aryl methyl sites for hydroxylation is 1. The number of carbonyl (C=O) groups excluding carboxylic acids is 1. The largest absolute Gasteiger partial charge is 0.450 e. The van der Waals surface area contributed by atoms with Gasteiger partial charge in [-0.15, -0.1) is 0 Å². The Labute approximate surface area is 139 Å². The van der Waals surface area contributed by atoms with Crippen molar-refractivity contribution in [3.63, 3.8) is 0 Å². The number of carbonyl (C=O) groups is 1. The minimum absolute atomic E-state index is 0.146. The van der Waals surface area contributed by atoms with Gasteiger partial charge >= 0.3 is 6.09 Å². The van der Waals surface area contributed by atoms with Gasteiger partial charge in [-0.1, -0.05) is 29.3 Å². The molecule has 0 radical (unpaired) electrons. The van der Waals surface area contributed by atoms with E-state index >= 15 is 0 Å². The first-order valence-electron chi connectivity index (χ1n) is 7.51. The van der Waals surface area contributed by atoms with E-state index in [9.17, 15) is 4.79 Å². The number of benzene rings is 1. The van der Waals surface area contributed by atoms with E-state index < -0.39 is 0 Å². The number of hydrogen-bond donors (Lipinski definition) is 1. The number of amides is 1. The summed E-state index contributed by atoms with van der Waals surface area (Å²) in [4.78, 5) is 16.4. The van der Waals surface area contributed by atoms with Crippen LogP contribution in [0.15, 0.2) is 28.7 Å². The molecule has 22 heavy (non-hydrogen) atoms. The molecule has 1 atom stereocenters. The minimum Gasteiger partial charge on any atom is -0.450 e. The molecule has 0 aliphatic rings. The summed E-state index contributed by atoms with van der Waals surface area (Å²) in [6.07, 6.45) is 1.51. The number of fused-ring (bicyclic) bond motifs is 1. The second kappa shape index (κ2) is 7.58. The molecule has 118 valence electrons. The van der Waals surface area contributed by atoms with Crippen molar-refractivity contribution in [1.29, 1.82) is 0 Å². The fraction of sp³-hybridized carbons (Fsp3) is 0.412. The molecule has 0 aliphatic carbocycles. The van der Waals surface area contributed by atoms with Crippen molar-refractivity contribution >= 4 is 32.9 Å². The number of nitrogens with one attached hydrogen (secondary N) is 1. The molecule has 1 amide bonds. The molecule has 0 bridgehead atoms. The molecular weight excluding hydrogens is 344 g/mol. The number of nitrogens with zero attached hydrogens (tertiary/aromatic N) is 1. The van der Waals surface area contributed by atoms with Gasteiger partial charge in [-0.2, -0.15) is 0 Å². The van der Waals surface area contributed by atoms with E-state index in [1.165, 1.54) is 0 Å². The number of ether oxygens (including phenoxy) is 1. The third kappa shape index (κ3) is 4.19. The third-order valence-corrected chi connectivity index (χ3v) is 3.96. The summed E-state index contributed by atoms with van der Waals surface area (Å²) < 4.78 is 6.16. The van der Waals surface area contributed by atoms with Gasteiger partial charge in [0, 0.05) is 15.6 Å². The summed E-state index contributed by atoms with van der Waals surface area (Å²) in [7, 11) is 0. The lowest BCUT2D eigenvalue weighted by atomic mass is 10.0. The van der Waals surface area contributed by atoms with E-state index in [0.29, 0.717) is 6.61 Å². The predicted molar refractivity (Wildman–Crippen MR) is 92.0 cm³/mol. The van der Waals surface area contributed by atoms with Gasteiger partial charge in [-0.05, 0) is 50.1 Å². The molecule has 4 nitrogen and oxygen atoms in total. The topological polar surface area (TPSA) is 51.2 Å². The Morgan fingerprint density at radius 3 is 2.91 bits per heavy atom. The van der Waals surface area contributed by atoms with Gasteiger partial charge in [0.25, 0.3) is 0 Å². The zero-order valence-electron chi connectivity index (χ0n) is 13.1. The Morgan fingerprint density at radius 2 is 2.18 bits per heavy atom. The molecule has 1 aromatic heterocycles. The molecule has 2 aromatic rings. The average Bonchev–Trinajstić information content (AvgIpc) is 2.47. The van der Waals surface area contributed by atoms with E-state index in [2.05, 4.69) is 33.2 Å². The average molecular weight is 365 g/mol. The van der Waals surface area contributed by atoms with Crippen molar-refractivity contribution in [3.05, 3.63) is 40.0 Å². The van der Waals surface area contributed by atoms with Crippen LogP contribution in [0.5, 0.6) is 0 Å². The van der Waals surface area contributed by atoms with Gasteiger partial charge in [0.05, 0.1) is 18.2 Å². The van der Waals surface area contributed by atoms with Gasteiger partial charge in [-0.3, -0.25) is 4.98 Å². The van der Waals surface area contributed by atoms with Crippen LogP contribution in [-0.2, 0) is 4.74 Å². The smallest absolute Gasteiger partial charge is 0.407 e. The predicted octanol–water partition coefficient (Wildman–Crippen LogP) is 4.89. The second-order valence-electron chi connectivity index (χ2n) is 5.37. The van der Waals surface area contributed by atoms with Crippen LogP contribution in [-0.4, -0.2) is 17.7 Å². The lowest BCUT2D eigenvalue weighted by Gasteiger charge is -2.17. The standard InChI is InChI=1S/C17H21BrN2O2/c1-4-5-8-22-17(21)20-12(3)14-9-11(2)19-16-7-6-13(18)10-15(14)16/h6-7,9-10,12H,4-5,8H2,1-3H3,(H,20,21). The SMILES string of the molecule is CCCCOC(=O)NC(C)c1cc(C)nc2ccc(Br)cc12. The molecule has 1 aromatic carbocycles. The number of rotatable bonds is 5. The summed E-state index contributed by atoms with van der Waals surface area (Å²) in [6.45, 7) is 6.43. The van der Waals surface area contributed by atoms with Crippen LogP contribution in [0.3, 0.4) is 0 Å². The molecule has 0 aliphatic heterocycles. The van der Waals surface area contributed by atoms with E-state index in [0.717, 1.165) is 39.5 Å². The summed E-state index contributed by atoms with van der Waals surface area (Å²) in [6, 6.07) is 7.83. The van der Waals surface area contributed by atoms with Crippen molar-refractivity contribution < 1.29 is 9.53 Å². The molecule has 5 heteroatoms. The molecular formula is C17H21BrN2O2. The van der Waals surface area contributed by atoms with E-state index in [4.69, 9.17) is 4.74 Å². The Morgan fingerprint density at radius 1 is 1.41 bits per heavy atom. The van der Waals surface area contributed by atoms with Crippen molar-refractivity contribution in [2.24, 2.45) is 0 Å². The molecule has 0 saturated heterocycles. The monoisotopic (exact) mass is 364 g/mol. The summed E-state index contributed by atoms with van der Waals surface area (Å²) >= 11 is 3.49. The van der Waals surface area contributed by atoms with Crippen LogP contribution in [0.2, 0.25) is 0 Å². The molecule has 0 saturated carbocycles. The normalized spacial score (nSPS) is 12.2. The first-order chi connectivity index (χ1) is 10.5. The highest BCUT2D eigenvalue weighted by Gasteiger charge is 2.14. The van der Waals surface area contributed by atoms with Crippen molar-refractivity contribution in [2.75, 3.05) is 6.61 Å². The summed E-state index contributed by atoms with van der Waals surface area (Å²) in [5, 5.41) is 3.92. The summed E-state index contributed by atoms with van der Waals surface area (Å²) in [5.74, 6) is 0. The lowest BCUT2D eigenvalue weighted by molar-refractivity contribution is 0.141. The molecule has 0 fully saturated rings. The quantitative estimate of drug-likeness (QED) is 0.768. The fourth-order valence-corrected chi connectivity index (χ4v) is 2.69. The minimum atomic E-state index is -0.376. The van der Waals surface area contributed by atoms with Crippen LogP contribution in [0.1, 0.15) is 44.0 Å². The number of pyridine rings is 1. The molecule has 0 spiro atoms. The molecule has 2 rings (SSSR count). The zero-order valence-corrected chi connectivity index (χ0v) is 14.7. The second-order valence-corrected chi connectivity index (χ2v) is 6.29. The van der Waals surface area contributed by atoms with Gasteiger partial charge in [0.2, 0.25) is 0 Å². The lowest BCUT2D eigenvalue weighted by Crippen LogP contribution is -2.28. The highest BCUT2D eigenvalue weighted by atomic mass is 79.9. The highest BCUT2D eigenvalue weighted by Crippen LogP contribution is 2.27. The number of aromatic nitrogens is 1. The van der Waals surface area contributed by atoms with Crippen LogP contribution in [0, 0.1) is 6.92 Å². The molecule has 1 unspecified atom stereocenters. The zero-order chi connectivity index (χ0) is 16.1. The Balaban J connectivity index is 2.21. The Hall–Kier alpha value is -1.62. The Bertz CT molecular complexity index is 673. The van der Waals surface area contributed by atoms with E-state index in [1.54, 1.807) is 0 Å². The number of alkyl carbamates (subject to hydrolysis) is 1. The van der Waals surface area contributed by atoms with Crippen molar-refractivity contribution in [3.8, 4) is 0 Å².